The number of halogens is 2. The van der Waals surface area contributed by atoms with E-state index in [1.807, 2.05) is 0 Å². The van der Waals surface area contributed by atoms with Crippen LogP contribution >= 0.6 is 11.6 Å². The first-order valence-electron chi connectivity index (χ1n) is 10.5. The first kappa shape index (κ1) is 22.9. The van der Waals surface area contributed by atoms with Crippen molar-refractivity contribution in [3.8, 4) is 11.5 Å². The Labute approximate surface area is 191 Å². The third kappa shape index (κ3) is 4.73. The van der Waals surface area contributed by atoms with Gasteiger partial charge in [0.1, 0.15) is 12.1 Å². The monoisotopic (exact) mass is 478 g/mol. The van der Waals surface area contributed by atoms with Gasteiger partial charge in [-0.2, -0.15) is 4.31 Å². The molecule has 0 radical (unpaired) electrons. The van der Waals surface area contributed by atoms with Crippen LogP contribution in [0.15, 0.2) is 64.2 Å². The SMILES string of the molecule is O=S(=O)(c1ccc(Cl)cc1)N(Cc1ccc(-c2ncco2)cc1F)[C@@H]1CCCC[C@H]1CO. The van der Waals surface area contributed by atoms with E-state index in [1.165, 1.54) is 47.1 Å². The zero-order valence-corrected chi connectivity index (χ0v) is 18.9. The van der Waals surface area contributed by atoms with Gasteiger partial charge in [-0.05, 0) is 55.2 Å². The summed E-state index contributed by atoms with van der Waals surface area (Å²) in [6.45, 7) is -0.271. The third-order valence-electron chi connectivity index (χ3n) is 5.95. The predicted molar refractivity (Wildman–Crippen MR) is 119 cm³/mol. The van der Waals surface area contributed by atoms with Gasteiger partial charge in [-0.3, -0.25) is 0 Å². The highest BCUT2D eigenvalue weighted by atomic mass is 35.5. The summed E-state index contributed by atoms with van der Waals surface area (Å²) in [5, 5.41) is 10.3. The van der Waals surface area contributed by atoms with Crippen LogP contribution in [0.2, 0.25) is 5.02 Å². The summed E-state index contributed by atoms with van der Waals surface area (Å²) < 4.78 is 48.8. The summed E-state index contributed by atoms with van der Waals surface area (Å²) in [6.07, 6.45) is 5.97. The van der Waals surface area contributed by atoms with Crippen molar-refractivity contribution in [1.82, 2.24) is 9.29 Å². The first-order valence-corrected chi connectivity index (χ1v) is 12.3. The van der Waals surface area contributed by atoms with E-state index in [-0.39, 0.29) is 35.4 Å². The maximum atomic E-state index is 15.0. The van der Waals surface area contributed by atoms with Gasteiger partial charge in [-0.25, -0.2) is 17.8 Å². The predicted octanol–water partition coefficient (Wildman–Crippen LogP) is 4.88. The molecule has 1 fully saturated rings. The van der Waals surface area contributed by atoms with Crippen molar-refractivity contribution in [2.75, 3.05) is 6.61 Å². The second kappa shape index (κ2) is 9.70. The Balaban J connectivity index is 1.72. The van der Waals surface area contributed by atoms with E-state index in [9.17, 15) is 13.5 Å². The average Bonchev–Trinajstić information content (AvgIpc) is 3.33. The summed E-state index contributed by atoms with van der Waals surface area (Å²) in [6, 6.07) is 10.00. The molecule has 1 aliphatic carbocycles. The highest BCUT2D eigenvalue weighted by Gasteiger charge is 2.37. The summed E-state index contributed by atoms with van der Waals surface area (Å²) in [4.78, 5) is 4.10. The molecule has 1 aromatic heterocycles. The van der Waals surface area contributed by atoms with Crippen molar-refractivity contribution in [2.45, 2.75) is 43.2 Å². The number of aliphatic hydroxyl groups is 1. The maximum absolute atomic E-state index is 15.0. The maximum Gasteiger partial charge on any atom is 0.243 e. The molecule has 4 rings (SSSR count). The average molecular weight is 479 g/mol. The molecule has 1 saturated carbocycles. The van der Waals surface area contributed by atoms with Crippen LogP contribution in [0.5, 0.6) is 0 Å². The molecule has 0 bridgehead atoms. The van der Waals surface area contributed by atoms with E-state index in [0.29, 0.717) is 17.0 Å². The van der Waals surface area contributed by atoms with E-state index in [2.05, 4.69) is 4.98 Å². The summed E-state index contributed by atoms with van der Waals surface area (Å²) in [5.41, 5.74) is 0.703. The highest BCUT2D eigenvalue weighted by Crippen LogP contribution is 2.34. The van der Waals surface area contributed by atoms with Crippen LogP contribution in [-0.2, 0) is 16.6 Å². The van der Waals surface area contributed by atoms with Crippen molar-refractivity contribution in [3.05, 3.63) is 71.3 Å². The van der Waals surface area contributed by atoms with Crippen LogP contribution < -0.4 is 0 Å². The molecule has 0 spiro atoms. The Kier molecular flexibility index (Phi) is 6.95. The standard InChI is InChI=1S/C23H24ClFN2O4S/c24-19-7-9-20(10-8-19)32(29,30)27(22-4-2-1-3-18(22)15-28)14-17-6-5-16(13-21(17)25)23-26-11-12-31-23/h5-13,18,22,28H,1-4,14-15H2/t18-,22+/m0/s1. The van der Waals surface area contributed by atoms with Gasteiger partial charge in [0.05, 0.1) is 11.1 Å². The van der Waals surface area contributed by atoms with Gasteiger partial charge in [-0.15, -0.1) is 0 Å². The van der Waals surface area contributed by atoms with Crippen molar-refractivity contribution < 1.29 is 22.3 Å². The zero-order chi connectivity index (χ0) is 22.7. The normalized spacial score (nSPS) is 19.4. The van der Waals surface area contributed by atoms with Crippen LogP contribution in [-0.4, -0.2) is 35.5 Å². The number of oxazole rings is 1. The molecule has 32 heavy (non-hydrogen) atoms. The smallest absolute Gasteiger partial charge is 0.243 e. The third-order valence-corrected chi connectivity index (χ3v) is 8.09. The van der Waals surface area contributed by atoms with Crippen molar-refractivity contribution >= 4 is 21.6 Å². The molecule has 1 aliphatic rings. The molecule has 2 aromatic carbocycles. The number of sulfonamides is 1. The molecule has 1 heterocycles. The lowest BCUT2D eigenvalue weighted by Crippen LogP contribution is -2.46. The van der Waals surface area contributed by atoms with Crippen molar-refractivity contribution in [2.24, 2.45) is 5.92 Å². The lowest BCUT2D eigenvalue weighted by Gasteiger charge is -2.38. The number of hydrogen-bond donors (Lipinski definition) is 1. The molecular formula is C23H24ClFN2O4S. The number of benzene rings is 2. The molecule has 9 heteroatoms. The Hall–Kier alpha value is -2.26. The van der Waals surface area contributed by atoms with Crippen LogP contribution in [0, 0.1) is 11.7 Å². The molecule has 170 valence electrons. The van der Waals surface area contributed by atoms with E-state index < -0.39 is 21.9 Å². The van der Waals surface area contributed by atoms with Gasteiger partial charge in [-0.1, -0.05) is 30.5 Å². The first-order chi connectivity index (χ1) is 15.4. The van der Waals surface area contributed by atoms with Gasteiger partial charge < -0.3 is 9.52 Å². The lowest BCUT2D eigenvalue weighted by molar-refractivity contribution is 0.109. The summed E-state index contributed by atoms with van der Waals surface area (Å²) in [5.74, 6) is -0.470. The minimum atomic E-state index is -3.96. The fourth-order valence-corrected chi connectivity index (χ4v) is 6.06. The van der Waals surface area contributed by atoms with Gasteiger partial charge in [0, 0.05) is 35.3 Å². The second-order valence-corrected chi connectivity index (χ2v) is 10.3. The molecule has 0 unspecified atom stereocenters. The van der Waals surface area contributed by atoms with Gasteiger partial charge in [0.25, 0.3) is 0 Å². The Bertz CT molecular complexity index is 1150. The van der Waals surface area contributed by atoms with Gasteiger partial charge >= 0.3 is 0 Å². The quantitative estimate of drug-likeness (QED) is 0.523. The Morgan fingerprint density at radius 2 is 1.91 bits per heavy atom. The topological polar surface area (TPSA) is 83.6 Å². The van der Waals surface area contributed by atoms with E-state index >= 15 is 4.39 Å². The van der Waals surface area contributed by atoms with E-state index in [4.69, 9.17) is 16.0 Å². The molecule has 0 aliphatic heterocycles. The molecule has 6 nitrogen and oxygen atoms in total. The van der Waals surface area contributed by atoms with E-state index in [1.54, 1.807) is 12.1 Å². The fraction of sp³-hybridized carbons (Fsp3) is 0.348. The highest BCUT2D eigenvalue weighted by molar-refractivity contribution is 7.89. The summed E-state index contributed by atoms with van der Waals surface area (Å²) >= 11 is 5.94. The molecule has 0 amide bonds. The molecular weight excluding hydrogens is 455 g/mol. The Morgan fingerprint density at radius 1 is 1.16 bits per heavy atom. The number of aromatic nitrogens is 1. The summed E-state index contributed by atoms with van der Waals surface area (Å²) in [7, 11) is -3.96. The fourth-order valence-electron chi connectivity index (χ4n) is 4.25. The van der Waals surface area contributed by atoms with Gasteiger partial charge in [0.2, 0.25) is 15.9 Å². The van der Waals surface area contributed by atoms with Crippen molar-refractivity contribution in [1.29, 1.82) is 0 Å². The van der Waals surface area contributed by atoms with E-state index in [0.717, 1.165) is 19.3 Å². The number of hydrogen-bond acceptors (Lipinski definition) is 5. The van der Waals surface area contributed by atoms with Crippen LogP contribution in [0.25, 0.3) is 11.5 Å². The molecule has 0 saturated heterocycles. The van der Waals surface area contributed by atoms with Crippen LogP contribution in [0.3, 0.4) is 0 Å². The Morgan fingerprint density at radius 3 is 2.56 bits per heavy atom. The second-order valence-electron chi connectivity index (χ2n) is 7.94. The van der Waals surface area contributed by atoms with Crippen molar-refractivity contribution in [3.63, 3.8) is 0 Å². The number of aliphatic hydroxyl groups excluding tert-OH is 1. The van der Waals surface area contributed by atoms with Crippen LogP contribution in [0.4, 0.5) is 4.39 Å². The zero-order valence-electron chi connectivity index (χ0n) is 17.3. The number of rotatable bonds is 7. The molecule has 1 N–H and O–H groups in total. The lowest BCUT2D eigenvalue weighted by atomic mass is 9.85. The largest absolute Gasteiger partial charge is 0.445 e. The van der Waals surface area contributed by atoms with Crippen LogP contribution in [0.1, 0.15) is 31.2 Å². The minimum absolute atomic E-state index is 0.0842. The molecule has 2 atom stereocenters. The van der Waals surface area contributed by atoms with Gasteiger partial charge in [0.15, 0.2) is 0 Å². The number of nitrogens with zero attached hydrogens (tertiary/aromatic N) is 2. The minimum Gasteiger partial charge on any atom is -0.445 e. The molecule has 3 aromatic rings.